The molecule has 1 N–H and O–H groups in total. The van der Waals surface area contributed by atoms with Crippen molar-refractivity contribution >= 4 is 28.8 Å². The third-order valence-corrected chi connectivity index (χ3v) is 6.57. The number of amides is 2. The standard InChI is InChI=1S/C24H22F2N2O4S/c1-14-17(23(30)28-10-8-21-16(13-28)9-11-33-21)4-3-5-18(14)27-22(29)15-6-7-19(32-24(25)26)20(12-15)31-2/h3-7,9,11-12,24H,8,10,13H2,1-2H3,(H,27,29). The molecular weight excluding hydrogens is 450 g/mol. The number of hydrogen-bond donors (Lipinski definition) is 1. The number of ether oxygens (including phenoxy) is 2. The SMILES string of the molecule is COc1cc(C(=O)Nc2cccc(C(=O)N3CCc4sccc4C3)c2C)ccc1OC(F)F. The Labute approximate surface area is 193 Å². The molecule has 0 radical (unpaired) electrons. The van der Waals surface area contributed by atoms with Crippen LogP contribution < -0.4 is 14.8 Å². The highest BCUT2D eigenvalue weighted by molar-refractivity contribution is 7.10. The van der Waals surface area contributed by atoms with Gasteiger partial charge in [-0.05, 0) is 66.2 Å². The van der Waals surface area contributed by atoms with Crippen molar-refractivity contribution in [2.75, 3.05) is 19.0 Å². The second-order valence-electron chi connectivity index (χ2n) is 7.52. The number of nitrogens with zero attached hydrogens (tertiary/aromatic N) is 1. The van der Waals surface area contributed by atoms with E-state index >= 15 is 0 Å². The Balaban J connectivity index is 1.52. The first kappa shape index (κ1) is 22.7. The van der Waals surface area contributed by atoms with E-state index in [-0.39, 0.29) is 23.0 Å². The zero-order valence-electron chi connectivity index (χ0n) is 18.1. The number of halogens is 2. The number of anilines is 1. The lowest BCUT2D eigenvalue weighted by atomic mass is 10.0. The Morgan fingerprint density at radius 3 is 2.73 bits per heavy atom. The summed E-state index contributed by atoms with van der Waals surface area (Å²) in [6, 6.07) is 11.2. The maximum absolute atomic E-state index is 13.2. The van der Waals surface area contributed by atoms with Crippen molar-refractivity contribution in [1.82, 2.24) is 4.90 Å². The normalized spacial score (nSPS) is 12.9. The van der Waals surface area contributed by atoms with E-state index in [1.54, 1.807) is 36.5 Å². The van der Waals surface area contributed by atoms with Crippen molar-refractivity contribution in [1.29, 1.82) is 0 Å². The maximum atomic E-state index is 13.2. The molecule has 172 valence electrons. The van der Waals surface area contributed by atoms with Gasteiger partial charge >= 0.3 is 6.61 Å². The smallest absolute Gasteiger partial charge is 0.387 e. The van der Waals surface area contributed by atoms with E-state index in [1.807, 2.05) is 10.3 Å². The molecule has 3 aromatic rings. The number of carbonyl (C=O) groups excluding carboxylic acids is 2. The number of benzene rings is 2. The number of rotatable bonds is 6. The molecule has 1 aliphatic heterocycles. The fourth-order valence-corrected chi connectivity index (χ4v) is 4.68. The van der Waals surface area contributed by atoms with E-state index in [0.29, 0.717) is 29.9 Å². The summed E-state index contributed by atoms with van der Waals surface area (Å²) in [5.74, 6) is -0.703. The van der Waals surface area contributed by atoms with Crippen LogP contribution in [0.2, 0.25) is 0 Å². The summed E-state index contributed by atoms with van der Waals surface area (Å²) in [4.78, 5) is 29.1. The van der Waals surface area contributed by atoms with Crippen LogP contribution in [-0.2, 0) is 13.0 Å². The zero-order chi connectivity index (χ0) is 23.5. The van der Waals surface area contributed by atoms with Gasteiger partial charge in [0.2, 0.25) is 0 Å². The number of alkyl halides is 2. The highest BCUT2D eigenvalue weighted by Crippen LogP contribution is 2.31. The molecule has 0 bridgehead atoms. The summed E-state index contributed by atoms with van der Waals surface area (Å²) in [6.07, 6.45) is 0.835. The van der Waals surface area contributed by atoms with Crippen LogP contribution in [0, 0.1) is 6.92 Å². The van der Waals surface area contributed by atoms with Crippen LogP contribution in [0.1, 0.15) is 36.7 Å². The Morgan fingerprint density at radius 2 is 1.97 bits per heavy atom. The summed E-state index contributed by atoms with van der Waals surface area (Å²) < 4.78 is 34.5. The predicted molar refractivity (Wildman–Crippen MR) is 122 cm³/mol. The van der Waals surface area contributed by atoms with Gasteiger partial charge in [0, 0.05) is 34.8 Å². The average molecular weight is 473 g/mol. The molecule has 0 fully saturated rings. The van der Waals surface area contributed by atoms with E-state index in [4.69, 9.17) is 4.74 Å². The van der Waals surface area contributed by atoms with E-state index in [0.717, 1.165) is 6.42 Å². The van der Waals surface area contributed by atoms with Gasteiger partial charge in [-0.15, -0.1) is 11.3 Å². The minimum atomic E-state index is -3.01. The molecule has 0 unspecified atom stereocenters. The van der Waals surface area contributed by atoms with Gasteiger partial charge in [-0.2, -0.15) is 8.78 Å². The Kier molecular flexibility index (Phi) is 6.60. The predicted octanol–water partition coefficient (Wildman–Crippen LogP) is 5.12. The molecule has 33 heavy (non-hydrogen) atoms. The summed E-state index contributed by atoms with van der Waals surface area (Å²) in [5.41, 5.74) is 3.04. The third-order valence-electron chi connectivity index (χ3n) is 5.55. The van der Waals surface area contributed by atoms with E-state index in [1.165, 1.54) is 35.7 Å². The van der Waals surface area contributed by atoms with Crippen LogP contribution in [0.15, 0.2) is 47.8 Å². The molecule has 4 rings (SSSR count). The summed E-state index contributed by atoms with van der Waals surface area (Å²) in [6.45, 7) is -0.00802. The lowest BCUT2D eigenvalue weighted by molar-refractivity contribution is -0.0512. The third kappa shape index (κ3) is 4.83. The Bertz CT molecular complexity index is 1190. The number of carbonyl (C=O) groups is 2. The van der Waals surface area contributed by atoms with E-state index in [2.05, 4.69) is 16.1 Å². The second-order valence-corrected chi connectivity index (χ2v) is 8.52. The number of hydrogen-bond acceptors (Lipinski definition) is 5. The van der Waals surface area contributed by atoms with Crippen molar-refractivity contribution < 1.29 is 27.8 Å². The van der Waals surface area contributed by atoms with Gasteiger partial charge < -0.3 is 19.7 Å². The highest BCUT2D eigenvalue weighted by Gasteiger charge is 2.24. The van der Waals surface area contributed by atoms with Crippen LogP contribution in [0.4, 0.5) is 14.5 Å². The number of methoxy groups -OCH3 is 1. The molecule has 9 heteroatoms. The quantitative estimate of drug-likeness (QED) is 0.541. The van der Waals surface area contributed by atoms with Crippen LogP contribution in [0.3, 0.4) is 0 Å². The van der Waals surface area contributed by atoms with E-state index < -0.39 is 12.5 Å². The summed E-state index contributed by atoms with van der Waals surface area (Å²) in [7, 11) is 1.30. The molecule has 0 aliphatic carbocycles. The Morgan fingerprint density at radius 1 is 1.15 bits per heavy atom. The van der Waals surface area contributed by atoms with Crippen molar-refractivity contribution in [2.24, 2.45) is 0 Å². The molecule has 2 amide bonds. The fourth-order valence-electron chi connectivity index (χ4n) is 3.79. The van der Waals surface area contributed by atoms with Gasteiger partial charge in [0.05, 0.1) is 7.11 Å². The van der Waals surface area contributed by atoms with Crippen LogP contribution in [0.5, 0.6) is 11.5 Å². The van der Waals surface area contributed by atoms with Crippen molar-refractivity contribution in [2.45, 2.75) is 26.5 Å². The first-order chi connectivity index (χ1) is 15.9. The van der Waals surface area contributed by atoms with Gasteiger partial charge in [-0.3, -0.25) is 9.59 Å². The monoisotopic (exact) mass is 472 g/mol. The fraction of sp³-hybridized carbons (Fsp3) is 0.250. The van der Waals surface area contributed by atoms with Gasteiger partial charge in [0.25, 0.3) is 11.8 Å². The molecular formula is C24H22F2N2O4S. The van der Waals surface area contributed by atoms with Crippen LogP contribution in [0.25, 0.3) is 0 Å². The molecule has 1 aromatic heterocycles. The molecule has 2 aromatic carbocycles. The molecule has 0 saturated heterocycles. The maximum Gasteiger partial charge on any atom is 0.387 e. The molecule has 2 heterocycles. The number of fused-ring (bicyclic) bond motifs is 1. The molecule has 0 saturated carbocycles. The van der Waals surface area contributed by atoms with Crippen LogP contribution >= 0.6 is 11.3 Å². The molecule has 6 nitrogen and oxygen atoms in total. The summed E-state index contributed by atoms with van der Waals surface area (Å²) >= 11 is 1.71. The lowest BCUT2D eigenvalue weighted by Crippen LogP contribution is -2.35. The minimum absolute atomic E-state index is 0.0153. The minimum Gasteiger partial charge on any atom is -0.493 e. The van der Waals surface area contributed by atoms with Crippen molar-refractivity contribution in [3.63, 3.8) is 0 Å². The van der Waals surface area contributed by atoms with Gasteiger partial charge in [0.15, 0.2) is 11.5 Å². The lowest BCUT2D eigenvalue weighted by Gasteiger charge is -2.28. The average Bonchev–Trinajstić information content (AvgIpc) is 3.27. The first-order valence-corrected chi connectivity index (χ1v) is 11.1. The van der Waals surface area contributed by atoms with E-state index in [9.17, 15) is 18.4 Å². The zero-order valence-corrected chi connectivity index (χ0v) is 18.9. The highest BCUT2D eigenvalue weighted by atomic mass is 32.1. The molecule has 1 aliphatic rings. The van der Waals surface area contributed by atoms with Crippen LogP contribution in [-0.4, -0.2) is 37.0 Å². The van der Waals surface area contributed by atoms with Gasteiger partial charge in [-0.25, -0.2) is 0 Å². The Hall–Kier alpha value is -3.46. The number of thiophene rings is 1. The number of nitrogens with one attached hydrogen (secondary N) is 1. The van der Waals surface area contributed by atoms with Gasteiger partial charge in [0.1, 0.15) is 0 Å². The second kappa shape index (κ2) is 9.58. The largest absolute Gasteiger partial charge is 0.493 e. The molecule has 0 atom stereocenters. The van der Waals surface area contributed by atoms with Crippen molar-refractivity contribution in [3.8, 4) is 11.5 Å². The molecule has 0 spiro atoms. The van der Waals surface area contributed by atoms with Gasteiger partial charge in [-0.1, -0.05) is 6.07 Å². The first-order valence-electron chi connectivity index (χ1n) is 10.3. The van der Waals surface area contributed by atoms with Crippen molar-refractivity contribution in [3.05, 3.63) is 75.0 Å². The topological polar surface area (TPSA) is 67.9 Å². The summed E-state index contributed by atoms with van der Waals surface area (Å²) in [5, 5.41) is 4.84.